The van der Waals surface area contributed by atoms with Crippen LogP contribution in [0.5, 0.6) is 5.75 Å². The number of carbonyl (C=O) groups is 2. The molecule has 0 saturated heterocycles. The first-order valence-electron chi connectivity index (χ1n) is 7.44. The lowest BCUT2D eigenvalue weighted by Crippen LogP contribution is -2.44. The number of hydrogen-bond acceptors (Lipinski definition) is 7. The van der Waals surface area contributed by atoms with Gasteiger partial charge in [0.2, 0.25) is 0 Å². The average molecular weight is 362 g/mol. The van der Waals surface area contributed by atoms with Crippen LogP contribution in [0.3, 0.4) is 0 Å². The molecule has 0 heterocycles. The van der Waals surface area contributed by atoms with Crippen LogP contribution in [0.25, 0.3) is 0 Å². The fourth-order valence-corrected chi connectivity index (χ4v) is 1.94. The minimum atomic E-state index is -1.21. The summed E-state index contributed by atoms with van der Waals surface area (Å²) in [7, 11) is 1.31. The van der Waals surface area contributed by atoms with Crippen LogP contribution in [-0.2, 0) is 9.59 Å². The number of nitro benzene ring substituents is 1. The predicted molar refractivity (Wildman–Crippen MR) is 91.4 cm³/mol. The number of aliphatic carboxylic acids is 1. The van der Waals surface area contributed by atoms with E-state index < -0.39 is 22.8 Å². The van der Waals surface area contributed by atoms with Gasteiger partial charge in [-0.25, -0.2) is 4.79 Å². The van der Waals surface area contributed by atoms with Gasteiger partial charge in [-0.2, -0.15) is 5.26 Å². The van der Waals surface area contributed by atoms with Crippen LogP contribution in [0, 0.1) is 27.4 Å². The first-order chi connectivity index (χ1) is 12.2. The van der Waals surface area contributed by atoms with Crippen molar-refractivity contribution >= 4 is 23.3 Å². The van der Waals surface area contributed by atoms with E-state index in [2.05, 4.69) is 10.6 Å². The molecule has 10 heteroatoms. The van der Waals surface area contributed by atoms with Gasteiger partial charge in [0.05, 0.1) is 23.8 Å². The molecule has 1 aromatic rings. The van der Waals surface area contributed by atoms with E-state index in [0.717, 1.165) is 6.20 Å². The fraction of sp³-hybridized carbons (Fsp3) is 0.312. The molecule has 0 fully saturated rings. The van der Waals surface area contributed by atoms with E-state index in [1.807, 2.05) is 0 Å². The van der Waals surface area contributed by atoms with Gasteiger partial charge in [-0.1, -0.05) is 13.8 Å². The van der Waals surface area contributed by atoms with E-state index >= 15 is 0 Å². The van der Waals surface area contributed by atoms with Gasteiger partial charge in [0, 0.05) is 12.3 Å². The molecule has 1 rings (SSSR count). The third-order valence-electron chi connectivity index (χ3n) is 3.35. The standard InChI is InChI=1S/C16H18N4O6/c1-9(2)14(16(22)23)19-15(21)10(7-17)8-18-12-5-4-11(20(24)25)6-13(12)26-3/h4-6,8-9,14,18H,1-3H3,(H,19,21)(H,22,23)/b10-8-. The van der Waals surface area contributed by atoms with Crippen LogP contribution >= 0.6 is 0 Å². The first kappa shape index (κ1) is 20.4. The topological polar surface area (TPSA) is 155 Å². The van der Waals surface area contributed by atoms with Crippen LogP contribution in [0.4, 0.5) is 11.4 Å². The lowest BCUT2D eigenvalue weighted by atomic mass is 10.0. The van der Waals surface area contributed by atoms with Gasteiger partial charge >= 0.3 is 5.97 Å². The molecule has 10 nitrogen and oxygen atoms in total. The Morgan fingerprint density at radius 2 is 2.08 bits per heavy atom. The van der Waals surface area contributed by atoms with Gasteiger partial charge in [0.15, 0.2) is 0 Å². The molecule has 0 aliphatic carbocycles. The average Bonchev–Trinajstić information content (AvgIpc) is 2.59. The van der Waals surface area contributed by atoms with Crippen LogP contribution in [0.1, 0.15) is 13.8 Å². The molecule has 0 saturated carbocycles. The molecule has 26 heavy (non-hydrogen) atoms. The highest BCUT2D eigenvalue weighted by Crippen LogP contribution is 2.29. The SMILES string of the molecule is COc1cc([N+](=O)[O-])ccc1N/C=C(/C#N)C(=O)NC(C(=O)O)C(C)C. The number of non-ortho nitro benzene ring substituents is 1. The molecule has 138 valence electrons. The number of hydrogen-bond donors (Lipinski definition) is 3. The molecule has 0 aliphatic rings. The Bertz CT molecular complexity index is 781. The molecule has 0 bridgehead atoms. The molecule has 1 amide bonds. The predicted octanol–water partition coefficient (Wildman–Crippen LogP) is 1.65. The summed E-state index contributed by atoms with van der Waals surface area (Å²) < 4.78 is 5.03. The van der Waals surface area contributed by atoms with Crippen LogP contribution in [0.2, 0.25) is 0 Å². The Hall–Kier alpha value is -3.61. The van der Waals surface area contributed by atoms with Crippen molar-refractivity contribution in [1.82, 2.24) is 5.32 Å². The molecule has 0 aromatic heterocycles. The fourth-order valence-electron chi connectivity index (χ4n) is 1.94. The van der Waals surface area contributed by atoms with Crippen molar-refractivity contribution in [2.75, 3.05) is 12.4 Å². The summed E-state index contributed by atoms with van der Waals surface area (Å²) in [6.07, 6.45) is 1.07. The second-order valence-electron chi connectivity index (χ2n) is 5.49. The van der Waals surface area contributed by atoms with Gasteiger partial charge in [0.1, 0.15) is 23.4 Å². The Balaban J connectivity index is 3.00. The van der Waals surface area contributed by atoms with Crippen molar-refractivity contribution < 1.29 is 24.4 Å². The number of carboxylic acid groups (broad SMARTS) is 1. The van der Waals surface area contributed by atoms with Gasteiger partial charge in [-0.15, -0.1) is 0 Å². The number of benzene rings is 1. The van der Waals surface area contributed by atoms with E-state index in [4.69, 9.17) is 15.1 Å². The van der Waals surface area contributed by atoms with Gasteiger partial charge in [0.25, 0.3) is 11.6 Å². The number of carboxylic acids is 1. The van der Waals surface area contributed by atoms with Crippen molar-refractivity contribution in [3.63, 3.8) is 0 Å². The van der Waals surface area contributed by atoms with Crippen LogP contribution in [-0.4, -0.2) is 35.1 Å². The van der Waals surface area contributed by atoms with Crippen LogP contribution in [0.15, 0.2) is 30.0 Å². The second-order valence-corrected chi connectivity index (χ2v) is 5.49. The van der Waals surface area contributed by atoms with Crippen LogP contribution < -0.4 is 15.4 Å². The quantitative estimate of drug-likeness (QED) is 0.273. The maximum atomic E-state index is 12.1. The van der Waals surface area contributed by atoms with Crippen molar-refractivity contribution in [2.24, 2.45) is 5.92 Å². The van der Waals surface area contributed by atoms with Crippen molar-refractivity contribution in [1.29, 1.82) is 5.26 Å². The maximum absolute atomic E-state index is 12.1. The zero-order valence-electron chi connectivity index (χ0n) is 14.3. The molecule has 1 aromatic carbocycles. The number of nitrogens with zero attached hydrogens (tertiary/aromatic N) is 2. The Morgan fingerprint density at radius 1 is 1.42 bits per heavy atom. The van der Waals surface area contributed by atoms with E-state index in [1.54, 1.807) is 19.9 Å². The minimum absolute atomic E-state index is 0.138. The van der Waals surface area contributed by atoms with Crippen molar-refractivity contribution in [3.8, 4) is 11.8 Å². The van der Waals surface area contributed by atoms with Crippen molar-refractivity contribution in [2.45, 2.75) is 19.9 Å². The number of carbonyl (C=O) groups excluding carboxylic acids is 1. The molecule has 1 atom stereocenters. The summed E-state index contributed by atoms with van der Waals surface area (Å²) in [5.74, 6) is -2.31. The number of amides is 1. The molecule has 0 aliphatic heterocycles. The molecule has 0 spiro atoms. The second kappa shape index (κ2) is 9.03. The van der Waals surface area contributed by atoms with E-state index in [0.29, 0.717) is 0 Å². The summed E-state index contributed by atoms with van der Waals surface area (Å²) in [5, 5.41) is 33.9. The zero-order valence-corrected chi connectivity index (χ0v) is 14.3. The zero-order chi connectivity index (χ0) is 19.9. The largest absolute Gasteiger partial charge is 0.494 e. The number of ether oxygens (including phenoxy) is 1. The number of rotatable bonds is 8. The highest BCUT2D eigenvalue weighted by molar-refractivity contribution is 5.99. The Morgan fingerprint density at radius 3 is 2.54 bits per heavy atom. The summed E-state index contributed by atoms with van der Waals surface area (Å²) in [4.78, 5) is 33.4. The summed E-state index contributed by atoms with van der Waals surface area (Å²) in [6.45, 7) is 3.24. The smallest absolute Gasteiger partial charge is 0.326 e. The molecular weight excluding hydrogens is 344 g/mol. The number of nitrogens with one attached hydrogen (secondary N) is 2. The highest BCUT2D eigenvalue weighted by Gasteiger charge is 2.25. The molecular formula is C16H18N4O6. The van der Waals surface area contributed by atoms with Gasteiger partial charge < -0.3 is 20.5 Å². The molecule has 1 unspecified atom stereocenters. The number of nitriles is 1. The number of anilines is 1. The molecule has 0 radical (unpaired) electrons. The third kappa shape index (κ3) is 5.20. The highest BCUT2D eigenvalue weighted by atomic mass is 16.6. The third-order valence-corrected chi connectivity index (χ3v) is 3.35. The summed E-state index contributed by atoms with van der Waals surface area (Å²) in [6, 6.07) is 4.29. The Kier molecular flexibility index (Phi) is 7.09. The lowest BCUT2D eigenvalue weighted by molar-refractivity contribution is -0.384. The lowest BCUT2D eigenvalue weighted by Gasteiger charge is -2.17. The van der Waals surface area contributed by atoms with E-state index in [9.17, 15) is 19.7 Å². The monoisotopic (exact) mass is 362 g/mol. The van der Waals surface area contributed by atoms with Gasteiger partial charge in [-0.05, 0) is 12.0 Å². The number of methoxy groups -OCH3 is 1. The van der Waals surface area contributed by atoms with E-state index in [1.165, 1.54) is 25.3 Å². The summed E-state index contributed by atoms with van der Waals surface area (Å²) >= 11 is 0. The summed E-state index contributed by atoms with van der Waals surface area (Å²) in [5.41, 5.74) is -0.259. The van der Waals surface area contributed by atoms with Gasteiger partial charge in [-0.3, -0.25) is 14.9 Å². The number of nitro groups is 1. The molecule has 3 N–H and O–H groups in total. The minimum Gasteiger partial charge on any atom is -0.494 e. The van der Waals surface area contributed by atoms with Crippen molar-refractivity contribution in [3.05, 3.63) is 40.1 Å². The maximum Gasteiger partial charge on any atom is 0.326 e. The van der Waals surface area contributed by atoms with E-state index in [-0.39, 0.29) is 28.6 Å². The first-order valence-corrected chi connectivity index (χ1v) is 7.44. The Labute approximate surface area is 149 Å². The normalized spacial score (nSPS) is 12.0.